The second-order valence-electron chi connectivity index (χ2n) is 7.31. The van der Waals surface area contributed by atoms with Crippen molar-refractivity contribution in [3.63, 3.8) is 0 Å². The first-order chi connectivity index (χ1) is 14.1. The van der Waals surface area contributed by atoms with Crippen molar-refractivity contribution in [3.8, 4) is 11.5 Å². The number of furan rings is 1. The van der Waals surface area contributed by atoms with Crippen molar-refractivity contribution in [1.82, 2.24) is 24.6 Å². The van der Waals surface area contributed by atoms with Crippen LogP contribution in [0, 0.1) is 6.92 Å². The standard InChI is InChI=1S/C22H21N5O2/c1-14-5-6-19(29-14)20-18(13-26(2)25-20)22(28)27-10-7-15(8-11-27)17-12-24-21-16(17)4-3-9-23-21/h3-7,9,12-13H,8,10-11H2,1-2H3,(H,23,24). The summed E-state index contributed by atoms with van der Waals surface area (Å²) in [4.78, 5) is 22.6. The van der Waals surface area contributed by atoms with E-state index >= 15 is 0 Å². The van der Waals surface area contributed by atoms with E-state index in [1.54, 1.807) is 17.1 Å². The monoisotopic (exact) mass is 387 g/mol. The number of hydrogen-bond donors (Lipinski definition) is 1. The van der Waals surface area contributed by atoms with Crippen LogP contribution in [0.25, 0.3) is 28.1 Å². The van der Waals surface area contributed by atoms with Gasteiger partial charge in [-0.15, -0.1) is 0 Å². The predicted octanol–water partition coefficient (Wildman–Crippen LogP) is 3.79. The Morgan fingerprint density at radius 2 is 2.17 bits per heavy atom. The van der Waals surface area contributed by atoms with Crippen LogP contribution < -0.4 is 0 Å². The molecule has 4 aromatic rings. The maximum atomic E-state index is 13.2. The molecule has 0 spiro atoms. The van der Waals surface area contributed by atoms with Crippen LogP contribution in [0.15, 0.2) is 53.3 Å². The highest BCUT2D eigenvalue weighted by molar-refractivity contribution is 6.00. The molecule has 146 valence electrons. The summed E-state index contributed by atoms with van der Waals surface area (Å²) >= 11 is 0. The molecule has 1 N–H and O–H groups in total. The van der Waals surface area contributed by atoms with E-state index in [-0.39, 0.29) is 5.91 Å². The number of nitrogens with one attached hydrogen (secondary N) is 1. The van der Waals surface area contributed by atoms with Gasteiger partial charge in [0.2, 0.25) is 0 Å². The van der Waals surface area contributed by atoms with Gasteiger partial charge >= 0.3 is 0 Å². The number of fused-ring (bicyclic) bond motifs is 1. The molecule has 0 aromatic carbocycles. The van der Waals surface area contributed by atoms with Crippen LogP contribution in [0.2, 0.25) is 0 Å². The van der Waals surface area contributed by atoms with Gasteiger partial charge in [-0.3, -0.25) is 9.48 Å². The summed E-state index contributed by atoms with van der Waals surface area (Å²) < 4.78 is 7.36. The Morgan fingerprint density at radius 3 is 2.93 bits per heavy atom. The van der Waals surface area contributed by atoms with Gasteiger partial charge in [0, 0.05) is 49.7 Å². The van der Waals surface area contributed by atoms with E-state index in [0.29, 0.717) is 30.1 Å². The van der Waals surface area contributed by atoms with Crippen molar-refractivity contribution < 1.29 is 9.21 Å². The van der Waals surface area contributed by atoms with Crippen molar-refractivity contribution in [3.05, 3.63) is 65.8 Å². The molecule has 7 heteroatoms. The van der Waals surface area contributed by atoms with Crippen molar-refractivity contribution >= 4 is 22.5 Å². The average Bonchev–Trinajstić information content (AvgIpc) is 3.45. The molecular formula is C22H21N5O2. The lowest BCUT2D eigenvalue weighted by atomic mass is 9.99. The molecule has 0 aliphatic carbocycles. The fourth-order valence-corrected chi connectivity index (χ4v) is 3.88. The summed E-state index contributed by atoms with van der Waals surface area (Å²) in [7, 11) is 1.81. The summed E-state index contributed by atoms with van der Waals surface area (Å²) in [5, 5.41) is 5.56. The summed E-state index contributed by atoms with van der Waals surface area (Å²) in [6.07, 6.45) is 8.47. The lowest BCUT2D eigenvalue weighted by Crippen LogP contribution is -2.34. The molecule has 7 nitrogen and oxygen atoms in total. The molecule has 5 rings (SSSR count). The van der Waals surface area contributed by atoms with Crippen LogP contribution >= 0.6 is 0 Å². The largest absolute Gasteiger partial charge is 0.460 e. The zero-order chi connectivity index (χ0) is 20.0. The highest BCUT2D eigenvalue weighted by Gasteiger charge is 2.26. The Morgan fingerprint density at radius 1 is 1.28 bits per heavy atom. The van der Waals surface area contributed by atoms with Crippen molar-refractivity contribution in [2.24, 2.45) is 7.05 Å². The summed E-state index contributed by atoms with van der Waals surface area (Å²) in [6, 6.07) is 7.75. The van der Waals surface area contributed by atoms with Gasteiger partial charge in [-0.2, -0.15) is 5.10 Å². The number of aromatic nitrogens is 4. The highest BCUT2D eigenvalue weighted by Crippen LogP contribution is 2.30. The van der Waals surface area contributed by atoms with E-state index in [9.17, 15) is 4.79 Å². The Hall–Kier alpha value is -3.61. The van der Waals surface area contributed by atoms with Crippen LogP contribution in [0.3, 0.4) is 0 Å². The average molecular weight is 387 g/mol. The number of pyridine rings is 1. The van der Waals surface area contributed by atoms with Crippen LogP contribution in [0.1, 0.15) is 28.1 Å². The number of rotatable bonds is 3. The van der Waals surface area contributed by atoms with Crippen LogP contribution in [0.4, 0.5) is 0 Å². The molecule has 0 bridgehead atoms. The summed E-state index contributed by atoms with van der Waals surface area (Å²) in [6.45, 7) is 3.10. The normalized spacial score (nSPS) is 14.4. The molecule has 0 saturated heterocycles. The first-order valence-corrected chi connectivity index (χ1v) is 9.61. The molecule has 1 amide bonds. The molecular weight excluding hydrogens is 366 g/mol. The minimum Gasteiger partial charge on any atom is -0.460 e. The van der Waals surface area contributed by atoms with E-state index < -0.39 is 0 Å². The Labute approximate surface area is 167 Å². The van der Waals surface area contributed by atoms with E-state index in [0.717, 1.165) is 28.8 Å². The van der Waals surface area contributed by atoms with Gasteiger partial charge in [-0.1, -0.05) is 6.08 Å². The fraction of sp³-hybridized carbons (Fsp3) is 0.227. The molecule has 0 fully saturated rings. The number of amides is 1. The van der Waals surface area contributed by atoms with Gasteiger partial charge in [0.25, 0.3) is 5.91 Å². The Kier molecular flexibility index (Phi) is 4.08. The Balaban J connectivity index is 1.41. The summed E-state index contributed by atoms with van der Waals surface area (Å²) in [5.74, 6) is 1.38. The minimum atomic E-state index is -0.0296. The summed E-state index contributed by atoms with van der Waals surface area (Å²) in [5.41, 5.74) is 4.43. The van der Waals surface area contributed by atoms with Gasteiger partial charge in [0.05, 0.1) is 5.56 Å². The number of aryl methyl sites for hydroxylation is 2. The number of hydrogen-bond acceptors (Lipinski definition) is 4. The predicted molar refractivity (Wildman–Crippen MR) is 110 cm³/mol. The van der Waals surface area contributed by atoms with Crippen LogP contribution in [-0.4, -0.2) is 43.6 Å². The highest BCUT2D eigenvalue weighted by atomic mass is 16.3. The third-order valence-corrected chi connectivity index (χ3v) is 5.33. The van der Waals surface area contributed by atoms with E-state index in [1.165, 1.54) is 5.57 Å². The van der Waals surface area contributed by atoms with E-state index in [2.05, 4.69) is 27.2 Å². The zero-order valence-electron chi connectivity index (χ0n) is 16.3. The van der Waals surface area contributed by atoms with Crippen molar-refractivity contribution in [1.29, 1.82) is 0 Å². The molecule has 1 aliphatic rings. The molecule has 0 radical (unpaired) electrons. The smallest absolute Gasteiger partial charge is 0.258 e. The third-order valence-electron chi connectivity index (χ3n) is 5.33. The number of aromatic amines is 1. The van der Waals surface area contributed by atoms with Crippen LogP contribution in [-0.2, 0) is 7.05 Å². The quantitative estimate of drug-likeness (QED) is 0.580. The first-order valence-electron chi connectivity index (χ1n) is 9.61. The maximum Gasteiger partial charge on any atom is 0.258 e. The van der Waals surface area contributed by atoms with Gasteiger partial charge < -0.3 is 14.3 Å². The molecule has 0 atom stereocenters. The van der Waals surface area contributed by atoms with Gasteiger partial charge in [-0.25, -0.2) is 4.98 Å². The lowest BCUT2D eigenvalue weighted by Gasteiger charge is -2.26. The zero-order valence-corrected chi connectivity index (χ0v) is 16.3. The first kappa shape index (κ1) is 17.5. The topological polar surface area (TPSA) is 80.0 Å². The fourth-order valence-electron chi connectivity index (χ4n) is 3.88. The van der Waals surface area contributed by atoms with Gasteiger partial charge in [0.1, 0.15) is 17.1 Å². The second-order valence-corrected chi connectivity index (χ2v) is 7.31. The third kappa shape index (κ3) is 3.04. The molecule has 0 saturated carbocycles. The molecule has 1 aliphatic heterocycles. The van der Waals surface area contributed by atoms with E-state index in [1.807, 2.05) is 43.3 Å². The maximum absolute atomic E-state index is 13.2. The number of H-pyrrole nitrogens is 1. The number of carbonyl (C=O) groups excluding carboxylic acids is 1. The van der Waals surface area contributed by atoms with Crippen molar-refractivity contribution in [2.45, 2.75) is 13.3 Å². The van der Waals surface area contributed by atoms with Gasteiger partial charge in [-0.05, 0) is 43.2 Å². The molecule has 0 unspecified atom stereocenters. The molecule has 29 heavy (non-hydrogen) atoms. The second kappa shape index (κ2) is 6.77. The molecule has 5 heterocycles. The number of carbonyl (C=O) groups is 1. The lowest BCUT2D eigenvalue weighted by molar-refractivity contribution is 0.0773. The SMILES string of the molecule is Cc1ccc(-c2nn(C)cc2C(=O)N2CC=C(c3c[nH]c4ncccc34)CC2)o1. The van der Waals surface area contributed by atoms with E-state index in [4.69, 9.17) is 4.42 Å². The van der Waals surface area contributed by atoms with Crippen LogP contribution in [0.5, 0.6) is 0 Å². The van der Waals surface area contributed by atoms with Gasteiger partial charge in [0.15, 0.2) is 5.76 Å². The minimum absolute atomic E-state index is 0.0296. The Bertz CT molecular complexity index is 1240. The molecule has 4 aromatic heterocycles. The van der Waals surface area contributed by atoms with Crippen molar-refractivity contribution in [2.75, 3.05) is 13.1 Å². The number of nitrogens with zero attached hydrogens (tertiary/aromatic N) is 4.